The van der Waals surface area contributed by atoms with Crippen molar-refractivity contribution in [2.45, 2.75) is 24.7 Å². The van der Waals surface area contributed by atoms with Crippen LogP contribution in [0.2, 0.25) is 0 Å². The first-order valence-electron chi connectivity index (χ1n) is 12.3. The summed E-state index contributed by atoms with van der Waals surface area (Å²) in [7, 11) is -0.937. The summed E-state index contributed by atoms with van der Waals surface area (Å²) < 4.78 is 0. The summed E-state index contributed by atoms with van der Waals surface area (Å²) in [6.07, 6.45) is 3.95. The van der Waals surface area contributed by atoms with E-state index < -0.39 is 15.8 Å². The summed E-state index contributed by atoms with van der Waals surface area (Å²) in [6.45, 7) is 2.39. The molecule has 0 nitrogen and oxygen atoms in total. The number of hydrogen-bond donors (Lipinski definition) is 0. The Balaban J connectivity index is 1.54. The first-order valence-corrected chi connectivity index (χ1v) is 15.1. The first kappa shape index (κ1) is 22.0. The van der Waals surface area contributed by atoms with E-state index >= 15 is 0 Å². The number of fused-ring (bicyclic) bond motifs is 2. The maximum atomic E-state index is 2.64. The standard InChI is InChI=1S/C32H30P2/c1-24-22-25-23-30(24)32(34(28-18-10-4-11-19-28)29-20-12-5-13-21-29)31(25)33(26-14-6-2-7-15-26)27-16-8-3-9-17-27/h2-22,25,30-32H,23H2,1H3/t25?,30-,31?,32-/m0/s1. The van der Waals surface area contributed by atoms with Crippen molar-refractivity contribution in [2.24, 2.45) is 11.8 Å². The van der Waals surface area contributed by atoms with E-state index in [2.05, 4.69) is 134 Å². The maximum Gasteiger partial charge on any atom is 0.00162 e. The normalized spacial score (nSPS) is 23.4. The molecule has 0 N–H and O–H groups in total. The monoisotopic (exact) mass is 476 g/mol. The molecule has 34 heavy (non-hydrogen) atoms. The Morgan fingerprint density at radius 1 is 0.500 bits per heavy atom. The highest BCUT2D eigenvalue weighted by Gasteiger charge is 2.53. The number of rotatable bonds is 6. The predicted octanol–water partition coefficient (Wildman–Crippen LogP) is 6.59. The molecule has 0 saturated heterocycles. The molecule has 2 aliphatic carbocycles. The van der Waals surface area contributed by atoms with Gasteiger partial charge in [-0.25, -0.2) is 0 Å². The van der Waals surface area contributed by atoms with Gasteiger partial charge in [0.2, 0.25) is 0 Å². The summed E-state index contributed by atoms with van der Waals surface area (Å²) in [6, 6.07) is 45.5. The number of hydrogen-bond acceptors (Lipinski definition) is 0. The van der Waals surface area contributed by atoms with Gasteiger partial charge in [0.15, 0.2) is 0 Å². The van der Waals surface area contributed by atoms with Crippen molar-refractivity contribution in [1.82, 2.24) is 0 Å². The lowest BCUT2D eigenvalue weighted by Gasteiger charge is -2.41. The third-order valence-electron chi connectivity index (χ3n) is 7.52. The van der Waals surface area contributed by atoms with Gasteiger partial charge in [-0.15, -0.1) is 0 Å². The molecule has 168 valence electrons. The molecule has 2 aliphatic rings. The molecule has 2 bridgehead atoms. The molecule has 0 amide bonds. The van der Waals surface area contributed by atoms with Crippen LogP contribution in [0.5, 0.6) is 0 Å². The topological polar surface area (TPSA) is 0 Å². The van der Waals surface area contributed by atoms with Crippen molar-refractivity contribution in [1.29, 1.82) is 0 Å². The van der Waals surface area contributed by atoms with Gasteiger partial charge in [-0.1, -0.05) is 133 Å². The molecule has 2 heteroatoms. The molecule has 2 unspecified atom stereocenters. The summed E-state index contributed by atoms with van der Waals surface area (Å²) in [5.74, 6) is 1.35. The zero-order chi connectivity index (χ0) is 22.9. The van der Waals surface area contributed by atoms with E-state index in [1.165, 1.54) is 27.6 Å². The van der Waals surface area contributed by atoms with Crippen LogP contribution in [0.25, 0.3) is 0 Å². The molecule has 4 aromatic carbocycles. The molecule has 0 spiro atoms. The lowest BCUT2D eigenvalue weighted by molar-refractivity contribution is 0.668. The largest absolute Gasteiger partial charge is 0.0815 e. The van der Waals surface area contributed by atoms with Crippen LogP contribution in [-0.4, -0.2) is 11.3 Å². The maximum absolute atomic E-state index is 2.64. The van der Waals surface area contributed by atoms with Crippen LogP contribution in [-0.2, 0) is 0 Å². The average Bonchev–Trinajstić information content (AvgIpc) is 3.45. The summed E-state index contributed by atoms with van der Waals surface area (Å²) in [4.78, 5) is 0. The van der Waals surface area contributed by atoms with Gasteiger partial charge in [-0.2, -0.15) is 0 Å². The van der Waals surface area contributed by atoms with Crippen molar-refractivity contribution in [3.05, 3.63) is 133 Å². The highest BCUT2D eigenvalue weighted by molar-refractivity contribution is 7.77. The lowest BCUT2D eigenvalue weighted by Crippen LogP contribution is -2.38. The van der Waals surface area contributed by atoms with Gasteiger partial charge in [0.25, 0.3) is 0 Å². The van der Waals surface area contributed by atoms with Gasteiger partial charge in [0, 0.05) is 11.3 Å². The predicted molar refractivity (Wildman–Crippen MR) is 151 cm³/mol. The second-order valence-electron chi connectivity index (χ2n) is 9.48. The Labute approximate surface area is 206 Å². The smallest absolute Gasteiger partial charge is 0.00162 e. The molecular formula is C32H30P2. The second kappa shape index (κ2) is 9.62. The summed E-state index contributed by atoms with van der Waals surface area (Å²) in [5.41, 5.74) is 2.93. The fourth-order valence-corrected chi connectivity index (χ4v) is 13.3. The quantitative estimate of drug-likeness (QED) is 0.218. The Bertz CT molecular complexity index is 1170. The third kappa shape index (κ3) is 3.98. The van der Waals surface area contributed by atoms with Crippen LogP contribution in [0.4, 0.5) is 0 Å². The van der Waals surface area contributed by atoms with Crippen LogP contribution in [0, 0.1) is 11.8 Å². The number of allylic oxidation sites excluding steroid dienone is 2. The van der Waals surface area contributed by atoms with E-state index in [-0.39, 0.29) is 0 Å². The van der Waals surface area contributed by atoms with Crippen LogP contribution in [0.3, 0.4) is 0 Å². The second-order valence-corrected chi connectivity index (χ2v) is 14.2. The minimum absolute atomic E-state index is 0.467. The molecule has 1 saturated carbocycles. The fourth-order valence-electron chi connectivity index (χ4n) is 6.16. The molecule has 6 rings (SSSR count). The molecule has 0 radical (unpaired) electrons. The minimum Gasteiger partial charge on any atom is -0.0815 e. The molecule has 0 heterocycles. The van der Waals surface area contributed by atoms with Crippen molar-refractivity contribution in [2.75, 3.05) is 0 Å². The van der Waals surface area contributed by atoms with Crippen LogP contribution in [0.15, 0.2) is 133 Å². The van der Waals surface area contributed by atoms with Gasteiger partial charge >= 0.3 is 0 Å². The third-order valence-corrected chi connectivity index (χ3v) is 13.8. The van der Waals surface area contributed by atoms with Crippen LogP contribution in [0.1, 0.15) is 13.3 Å². The zero-order valence-corrected chi connectivity index (χ0v) is 21.3. The lowest BCUT2D eigenvalue weighted by atomic mass is 9.99. The van der Waals surface area contributed by atoms with Crippen molar-refractivity contribution in [3.63, 3.8) is 0 Å². The highest BCUT2D eigenvalue weighted by atomic mass is 31.1. The van der Waals surface area contributed by atoms with Gasteiger partial charge < -0.3 is 0 Å². The average molecular weight is 477 g/mol. The highest BCUT2D eigenvalue weighted by Crippen LogP contribution is 2.65. The Kier molecular flexibility index (Phi) is 6.22. The zero-order valence-electron chi connectivity index (χ0n) is 19.5. The minimum atomic E-state index is -0.470. The van der Waals surface area contributed by atoms with Crippen LogP contribution < -0.4 is 21.2 Å². The molecule has 4 aromatic rings. The molecule has 0 aliphatic heterocycles. The van der Waals surface area contributed by atoms with Gasteiger partial charge in [0.05, 0.1) is 0 Å². The van der Waals surface area contributed by atoms with E-state index in [4.69, 9.17) is 0 Å². The number of benzene rings is 4. The fraction of sp³-hybridized carbons (Fsp3) is 0.188. The summed E-state index contributed by atoms with van der Waals surface area (Å²) >= 11 is 0. The Morgan fingerprint density at radius 2 is 0.853 bits per heavy atom. The van der Waals surface area contributed by atoms with Crippen molar-refractivity contribution < 1.29 is 0 Å². The molecule has 4 atom stereocenters. The van der Waals surface area contributed by atoms with E-state index in [1.54, 1.807) is 5.57 Å². The van der Waals surface area contributed by atoms with Crippen LogP contribution >= 0.6 is 15.8 Å². The van der Waals surface area contributed by atoms with Gasteiger partial charge in [0.1, 0.15) is 0 Å². The summed E-state index contributed by atoms with van der Waals surface area (Å²) in [5, 5.41) is 6.09. The van der Waals surface area contributed by atoms with E-state index in [9.17, 15) is 0 Å². The SMILES string of the molecule is CC1=CC2C[C@@H]1[C@H](P(c1ccccc1)c1ccccc1)C2P(c1ccccc1)c1ccccc1. The van der Waals surface area contributed by atoms with E-state index in [0.717, 1.165) is 0 Å². The Morgan fingerprint density at radius 3 is 1.24 bits per heavy atom. The Hall–Kier alpha value is -2.52. The van der Waals surface area contributed by atoms with Gasteiger partial charge in [-0.05, 0) is 62.2 Å². The van der Waals surface area contributed by atoms with E-state index in [1.807, 2.05) is 0 Å². The molecular weight excluding hydrogens is 446 g/mol. The van der Waals surface area contributed by atoms with E-state index in [0.29, 0.717) is 23.2 Å². The van der Waals surface area contributed by atoms with Gasteiger partial charge in [-0.3, -0.25) is 0 Å². The molecule has 0 aromatic heterocycles. The first-order chi connectivity index (χ1) is 16.8. The van der Waals surface area contributed by atoms with Crippen molar-refractivity contribution >= 4 is 37.1 Å². The van der Waals surface area contributed by atoms with Crippen molar-refractivity contribution in [3.8, 4) is 0 Å². The molecule has 1 fully saturated rings.